The highest BCUT2D eigenvalue weighted by Crippen LogP contribution is 2.55. The summed E-state index contributed by atoms with van der Waals surface area (Å²) in [6.07, 6.45) is 11.3. The second-order valence-corrected chi connectivity index (χ2v) is 9.07. The van der Waals surface area contributed by atoms with Crippen molar-refractivity contribution >= 4 is 6.08 Å². The maximum atomic E-state index is 10.2. The molecule has 33 heavy (non-hydrogen) atoms. The molecule has 3 rings (SSSR count). The first-order valence-corrected chi connectivity index (χ1v) is 11.5. The van der Waals surface area contributed by atoms with Crippen LogP contribution < -0.4 is 4.74 Å². The second kappa shape index (κ2) is 10.4. The Balaban J connectivity index is 2.16. The summed E-state index contributed by atoms with van der Waals surface area (Å²) in [5, 5.41) is 20.3. The van der Waals surface area contributed by atoms with E-state index in [1.807, 2.05) is 12.1 Å². The van der Waals surface area contributed by atoms with Crippen molar-refractivity contribution in [2.45, 2.75) is 45.4 Å². The molecule has 0 saturated carbocycles. The molecule has 2 aromatic carbocycles. The SMILES string of the molecule is C=CCC(C#N)(C#N)C1=CCCC[C@@]1(C)C(/C=C/c1ccc(C)cc1)c1ccc(OC)cc1. The lowest BCUT2D eigenvalue weighted by Gasteiger charge is -2.45. The van der Waals surface area contributed by atoms with E-state index in [1.54, 1.807) is 13.2 Å². The van der Waals surface area contributed by atoms with Crippen LogP contribution >= 0.6 is 0 Å². The zero-order chi connectivity index (χ0) is 23.9. The molecule has 0 spiro atoms. The van der Waals surface area contributed by atoms with E-state index in [0.717, 1.165) is 41.7 Å². The van der Waals surface area contributed by atoms with Gasteiger partial charge >= 0.3 is 0 Å². The Hall–Kier alpha value is -3.56. The van der Waals surface area contributed by atoms with E-state index in [4.69, 9.17) is 4.74 Å². The first-order chi connectivity index (χ1) is 15.9. The molecule has 0 radical (unpaired) electrons. The molecule has 0 fully saturated rings. The van der Waals surface area contributed by atoms with E-state index in [0.29, 0.717) is 6.42 Å². The normalized spacial score (nSPS) is 19.2. The monoisotopic (exact) mass is 436 g/mol. The summed E-state index contributed by atoms with van der Waals surface area (Å²) in [4.78, 5) is 0. The Morgan fingerprint density at radius 1 is 1.12 bits per heavy atom. The van der Waals surface area contributed by atoms with Crippen LogP contribution in [-0.2, 0) is 0 Å². The van der Waals surface area contributed by atoms with E-state index >= 15 is 0 Å². The van der Waals surface area contributed by atoms with Gasteiger partial charge in [0.05, 0.1) is 19.2 Å². The fraction of sp³-hybridized carbons (Fsp3) is 0.333. The Bertz CT molecular complexity index is 1100. The minimum absolute atomic E-state index is 0.0119. The van der Waals surface area contributed by atoms with Gasteiger partial charge in [-0.2, -0.15) is 10.5 Å². The van der Waals surface area contributed by atoms with Crippen LogP contribution in [0.3, 0.4) is 0 Å². The zero-order valence-electron chi connectivity index (χ0n) is 19.8. The highest BCUT2D eigenvalue weighted by molar-refractivity contribution is 5.54. The summed E-state index contributed by atoms with van der Waals surface area (Å²) in [6, 6.07) is 21.3. The van der Waals surface area contributed by atoms with E-state index in [-0.39, 0.29) is 11.3 Å². The quantitative estimate of drug-likeness (QED) is 0.402. The molecule has 0 heterocycles. The number of hydrogen-bond donors (Lipinski definition) is 0. The molecule has 2 atom stereocenters. The number of benzene rings is 2. The lowest BCUT2D eigenvalue weighted by Crippen LogP contribution is -2.37. The summed E-state index contributed by atoms with van der Waals surface area (Å²) >= 11 is 0. The molecule has 0 bridgehead atoms. The maximum absolute atomic E-state index is 10.2. The molecule has 2 aromatic rings. The van der Waals surface area contributed by atoms with E-state index < -0.39 is 5.41 Å². The second-order valence-electron chi connectivity index (χ2n) is 9.07. The fourth-order valence-electron chi connectivity index (χ4n) is 5.02. The topological polar surface area (TPSA) is 56.8 Å². The molecule has 0 N–H and O–H groups in total. The van der Waals surface area contributed by atoms with Gasteiger partial charge in [-0.1, -0.05) is 73.2 Å². The predicted octanol–water partition coefficient (Wildman–Crippen LogP) is 7.53. The summed E-state index contributed by atoms with van der Waals surface area (Å²) in [7, 11) is 1.66. The van der Waals surface area contributed by atoms with Gasteiger partial charge in [-0.25, -0.2) is 0 Å². The summed E-state index contributed by atoms with van der Waals surface area (Å²) in [5.74, 6) is 0.793. The van der Waals surface area contributed by atoms with E-state index in [2.05, 4.69) is 87.2 Å². The van der Waals surface area contributed by atoms with Gasteiger partial charge in [0.15, 0.2) is 5.41 Å². The van der Waals surface area contributed by atoms with Crippen LogP contribution in [0, 0.1) is 40.4 Å². The van der Waals surface area contributed by atoms with Crippen molar-refractivity contribution in [1.29, 1.82) is 10.5 Å². The van der Waals surface area contributed by atoms with Gasteiger partial charge in [0.25, 0.3) is 0 Å². The van der Waals surface area contributed by atoms with Crippen molar-refractivity contribution in [3.63, 3.8) is 0 Å². The number of hydrogen-bond acceptors (Lipinski definition) is 3. The van der Waals surface area contributed by atoms with Crippen molar-refractivity contribution in [3.8, 4) is 17.9 Å². The summed E-state index contributed by atoms with van der Waals surface area (Å²) in [5.41, 5.74) is 2.81. The molecule has 3 heteroatoms. The summed E-state index contributed by atoms with van der Waals surface area (Å²) < 4.78 is 5.38. The lowest BCUT2D eigenvalue weighted by atomic mass is 9.56. The largest absolute Gasteiger partial charge is 0.497 e. The third-order valence-electron chi connectivity index (χ3n) is 6.88. The highest BCUT2D eigenvalue weighted by Gasteiger charge is 2.48. The Morgan fingerprint density at radius 2 is 1.79 bits per heavy atom. The van der Waals surface area contributed by atoms with Crippen LogP contribution in [0.2, 0.25) is 0 Å². The number of methoxy groups -OCH3 is 1. The number of nitriles is 2. The molecular weight excluding hydrogens is 404 g/mol. The Kier molecular flexibility index (Phi) is 7.57. The Labute approximate surface area is 198 Å². The maximum Gasteiger partial charge on any atom is 0.168 e. The first kappa shape index (κ1) is 24.1. The van der Waals surface area contributed by atoms with Crippen molar-refractivity contribution < 1.29 is 4.74 Å². The Morgan fingerprint density at radius 3 is 2.36 bits per heavy atom. The van der Waals surface area contributed by atoms with Gasteiger partial charge < -0.3 is 4.74 Å². The molecule has 0 aliphatic heterocycles. The standard InChI is InChI=1S/C30H32N2O/c1-5-19-30(21-31,22-32)28-8-6-7-20-29(28,3)27(25-14-16-26(33-4)17-15-25)18-13-24-11-9-23(2)10-12-24/h5,8-18,27H,1,6-7,19-20H2,2-4H3/b18-13+/t27?,29-/m0/s1. The lowest BCUT2D eigenvalue weighted by molar-refractivity contribution is 0.264. The van der Waals surface area contributed by atoms with Gasteiger partial charge in [-0.15, -0.1) is 6.58 Å². The van der Waals surface area contributed by atoms with Gasteiger partial charge in [0, 0.05) is 17.8 Å². The average molecular weight is 437 g/mol. The predicted molar refractivity (Wildman–Crippen MR) is 134 cm³/mol. The van der Waals surface area contributed by atoms with Crippen molar-refractivity contribution in [1.82, 2.24) is 0 Å². The van der Waals surface area contributed by atoms with Crippen LogP contribution in [0.15, 0.2) is 78.9 Å². The smallest absolute Gasteiger partial charge is 0.168 e. The number of ether oxygens (including phenoxy) is 1. The molecule has 168 valence electrons. The third-order valence-corrected chi connectivity index (χ3v) is 6.88. The molecule has 0 amide bonds. The van der Waals surface area contributed by atoms with Gasteiger partial charge in [0.2, 0.25) is 0 Å². The fourth-order valence-corrected chi connectivity index (χ4v) is 5.02. The number of aryl methyl sites for hydroxylation is 1. The first-order valence-electron chi connectivity index (χ1n) is 11.5. The minimum Gasteiger partial charge on any atom is -0.497 e. The van der Waals surface area contributed by atoms with Gasteiger partial charge in [-0.05, 0) is 55.0 Å². The minimum atomic E-state index is -1.21. The molecular formula is C30H32N2O. The van der Waals surface area contributed by atoms with Crippen molar-refractivity contribution in [2.24, 2.45) is 10.8 Å². The van der Waals surface area contributed by atoms with Gasteiger partial charge in [0.1, 0.15) is 5.75 Å². The van der Waals surface area contributed by atoms with Crippen LogP contribution in [-0.4, -0.2) is 7.11 Å². The van der Waals surface area contributed by atoms with Crippen LogP contribution in [0.1, 0.15) is 55.2 Å². The zero-order valence-corrected chi connectivity index (χ0v) is 19.8. The molecule has 1 aliphatic rings. The molecule has 0 aromatic heterocycles. The molecule has 3 nitrogen and oxygen atoms in total. The van der Waals surface area contributed by atoms with E-state index in [1.165, 1.54) is 5.56 Å². The number of nitrogens with zero attached hydrogens (tertiary/aromatic N) is 2. The van der Waals surface area contributed by atoms with E-state index in [9.17, 15) is 10.5 Å². The van der Waals surface area contributed by atoms with Crippen LogP contribution in [0.5, 0.6) is 5.75 Å². The van der Waals surface area contributed by atoms with Gasteiger partial charge in [-0.3, -0.25) is 0 Å². The summed E-state index contributed by atoms with van der Waals surface area (Å²) in [6.45, 7) is 8.12. The van der Waals surface area contributed by atoms with Crippen molar-refractivity contribution in [2.75, 3.05) is 7.11 Å². The number of rotatable bonds is 8. The molecule has 0 saturated heterocycles. The number of allylic oxidation sites excluding steroid dienone is 4. The molecule has 1 aliphatic carbocycles. The molecule has 1 unspecified atom stereocenters. The van der Waals surface area contributed by atoms with Crippen LogP contribution in [0.4, 0.5) is 0 Å². The average Bonchev–Trinajstić information content (AvgIpc) is 2.84. The highest BCUT2D eigenvalue weighted by atomic mass is 16.5. The third kappa shape index (κ3) is 4.94. The van der Waals surface area contributed by atoms with Crippen molar-refractivity contribution in [3.05, 3.63) is 95.6 Å². The van der Waals surface area contributed by atoms with Crippen LogP contribution in [0.25, 0.3) is 6.08 Å².